The van der Waals surface area contributed by atoms with Gasteiger partial charge in [-0.15, -0.1) is 0 Å². The maximum Gasteiger partial charge on any atom is 0.407 e. The molecule has 3 heterocycles. The van der Waals surface area contributed by atoms with Crippen LogP contribution in [0.1, 0.15) is 20.4 Å². The molecule has 2 N–H and O–H groups in total. The summed E-state index contributed by atoms with van der Waals surface area (Å²) in [6.45, 7) is 3.55. The third-order valence-electron chi connectivity index (χ3n) is 5.91. The van der Waals surface area contributed by atoms with Crippen LogP contribution in [-0.2, 0) is 11.3 Å². The third-order valence-corrected chi connectivity index (χ3v) is 5.91. The predicted octanol–water partition coefficient (Wildman–Crippen LogP) is 4.70. The summed E-state index contributed by atoms with van der Waals surface area (Å²) in [5.74, 6) is 1.40. The summed E-state index contributed by atoms with van der Waals surface area (Å²) in [4.78, 5) is 28.0. The van der Waals surface area contributed by atoms with Crippen LogP contribution in [0.4, 0.5) is 10.6 Å². The number of anilines is 1. The Bertz CT molecular complexity index is 1340. The SMILES string of the molecule is Cc1ccc2c(N3CC[C@@H](NC(=O)OCc4ccncc4)C3)nc(-c3ccccc3O)nc2c1.[HH].[HH]. The average molecular weight is 460 g/mol. The Kier molecular flexibility index (Phi) is 5.95. The van der Waals surface area contributed by atoms with E-state index in [1.54, 1.807) is 24.5 Å². The standard InChI is InChI=1S/C26H25N5O3.2H2/c1-17-6-7-20-22(14-17)29-24(21-4-2-3-5-23(21)32)30-25(20)31-13-10-19(15-31)28-26(33)34-16-18-8-11-27-12-9-18;;/h2-9,11-12,14,19,32H,10,13,15-16H2,1H3,(H,28,33);2*1H/t19-;;/m1../s1. The number of hydrogen-bond donors (Lipinski definition) is 2. The Balaban J connectivity index is 0.00000180. The second kappa shape index (κ2) is 9.35. The first-order valence-electron chi connectivity index (χ1n) is 11.2. The van der Waals surface area contributed by atoms with Gasteiger partial charge in [-0.1, -0.05) is 18.2 Å². The molecule has 2 aromatic heterocycles. The van der Waals surface area contributed by atoms with E-state index in [1.165, 1.54) is 0 Å². The molecule has 0 radical (unpaired) electrons. The topological polar surface area (TPSA) is 100 Å². The van der Waals surface area contributed by atoms with Crippen LogP contribution in [0, 0.1) is 6.92 Å². The minimum absolute atomic E-state index is 0. The fourth-order valence-corrected chi connectivity index (χ4v) is 4.15. The van der Waals surface area contributed by atoms with Gasteiger partial charge in [-0.05, 0) is 60.9 Å². The highest BCUT2D eigenvalue weighted by Crippen LogP contribution is 2.33. The number of nitrogens with zero attached hydrogens (tertiary/aromatic N) is 4. The fraction of sp³-hybridized carbons (Fsp3) is 0.231. The number of phenolic OH excluding ortho intramolecular Hbond substituents is 1. The molecule has 5 rings (SSSR count). The molecule has 0 aliphatic carbocycles. The van der Waals surface area contributed by atoms with Gasteiger partial charge < -0.3 is 20.1 Å². The van der Waals surface area contributed by atoms with Crippen LogP contribution in [0.2, 0.25) is 0 Å². The lowest BCUT2D eigenvalue weighted by molar-refractivity contribution is 0.136. The molecule has 1 aliphatic heterocycles. The van der Waals surface area contributed by atoms with Crippen molar-refractivity contribution in [3.8, 4) is 17.1 Å². The van der Waals surface area contributed by atoms with Gasteiger partial charge in [-0.2, -0.15) is 0 Å². The Morgan fingerprint density at radius 1 is 1.18 bits per heavy atom. The summed E-state index contributed by atoms with van der Waals surface area (Å²) in [5, 5.41) is 14.3. The monoisotopic (exact) mass is 459 g/mol. The minimum Gasteiger partial charge on any atom is -0.507 e. The number of amides is 1. The van der Waals surface area contributed by atoms with Crippen molar-refractivity contribution in [3.05, 3.63) is 78.1 Å². The molecule has 1 saturated heterocycles. The number of aryl methyl sites for hydroxylation is 1. The lowest BCUT2D eigenvalue weighted by atomic mass is 10.1. The van der Waals surface area contributed by atoms with E-state index in [0.717, 1.165) is 40.8 Å². The van der Waals surface area contributed by atoms with Gasteiger partial charge in [-0.3, -0.25) is 4.98 Å². The Labute approximate surface area is 200 Å². The van der Waals surface area contributed by atoms with Crippen LogP contribution in [0.5, 0.6) is 5.75 Å². The normalized spacial score (nSPS) is 15.4. The number of carbonyl (C=O) groups excluding carboxylic acids is 1. The highest BCUT2D eigenvalue weighted by Gasteiger charge is 2.27. The highest BCUT2D eigenvalue weighted by atomic mass is 16.5. The molecule has 8 nitrogen and oxygen atoms in total. The quantitative estimate of drug-likeness (QED) is 0.446. The van der Waals surface area contributed by atoms with E-state index in [2.05, 4.69) is 15.2 Å². The number of pyridine rings is 1. The summed E-state index contributed by atoms with van der Waals surface area (Å²) in [7, 11) is 0. The van der Waals surface area contributed by atoms with Crippen molar-refractivity contribution in [3.63, 3.8) is 0 Å². The predicted molar refractivity (Wildman–Crippen MR) is 134 cm³/mol. The lowest BCUT2D eigenvalue weighted by Crippen LogP contribution is -2.37. The second-order valence-electron chi connectivity index (χ2n) is 8.42. The van der Waals surface area contributed by atoms with E-state index in [1.807, 2.05) is 49.4 Å². The molecule has 176 valence electrons. The van der Waals surface area contributed by atoms with Crippen LogP contribution < -0.4 is 10.2 Å². The van der Waals surface area contributed by atoms with Gasteiger partial charge in [0.05, 0.1) is 17.1 Å². The summed E-state index contributed by atoms with van der Waals surface area (Å²) in [5.41, 5.74) is 3.38. The number of rotatable bonds is 5. The summed E-state index contributed by atoms with van der Waals surface area (Å²) in [6.07, 6.45) is 3.67. The van der Waals surface area contributed by atoms with Crippen LogP contribution >= 0.6 is 0 Å². The Morgan fingerprint density at radius 3 is 2.82 bits per heavy atom. The van der Waals surface area contributed by atoms with Crippen molar-refractivity contribution in [2.75, 3.05) is 18.0 Å². The third kappa shape index (κ3) is 4.61. The smallest absolute Gasteiger partial charge is 0.407 e. The molecule has 0 unspecified atom stereocenters. The molecule has 4 aromatic rings. The first-order chi connectivity index (χ1) is 16.6. The van der Waals surface area contributed by atoms with Gasteiger partial charge in [0, 0.05) is 33.7 Å². The number of aromatic hydroxyl groups is 1. The molecule has 1 fully saturated rings. The Morgan fingerprint density at radius 2 is 2.00 bits per heavy atom. The first kappa shape index (κ1) is 21.6. The van der Waals surface area contributed by atoms with Crippen molar-refractivity contribution < 1.29 is 17.5 Å². The van der Waals surface area contributed by atoms with E-state index >= 15 is 0 Å². The zero-order valence-corrected chi connectivity index (χ0v) is 18.8. The summed E-state index contributed by atoms with van der Waals surface area (Å²) < 4.78 is 5.35. The summed E-state index contributed by atoms with van der Waals surface area (Å²) in [6, 6.07) is 16.7. The molecule has 1 amide bonds. The maximum absolute atomic E-state index is 12.3. The number of fused-ring (bicyclic) bond motifs is 1. The van der Waals surface area contributed by atoms with Crippen LogP contribution in [-0.4, -0.2) is 45.3 Å². The van der Waals surface area contributed by atoms with E-state index in [4.69, 9.17) is 14.7 Å². The van der Waals surface area contributed by atoms with Gasteiger partial charge in [-0.25, -0.2) is 14.8 Å². The van der Waals surface area contributed by atoms with Gasteiger partial charge >= 0.3 is 6.09 Å². The van der Waals surface area contributed by atoms with Crippen LogP contribution in [0.3, 0.4) is 0 Å². The number of aromatic nitrogens is 3. The van der Waals surface area contributed by atoms with E-state index in [-0.39, 0.29) is 21.3 Å². The number of para-hydroxylation sites is 1. The number of carbonyl (C=O) groups is 1. The van der Waals surface area contributed by atoms with Crippen molar-refractivity contribution in [1.82, 2.24) is 20.3 Å². The van der Waals surface area contributed by atoms with Crippen molar-refractivity contribution >= 4 is 22.8 Å². The number of ether oxygens (including phenoxy) is 1. The number of nitrogens with one attached hydrogen (secondary N) is 1. The minimum atomic E-state index is -0.443. The van der Waals surface area contributed by atoms with Crippen LogP contribution in [0.15, 0.2) is 67.0 Å². The van der Waals surface area contributed by atoms with Gasteiger partial charge in [0.15, 0.2) is 5.82 Å². The van der Waals surface area contributed by atoms with Crippen molar-refractivity contribution in [1.29, 1.82) is 0 Å². The van der Waals surface area contributed by atoms with Gasteiger partial charge in [0.25, 0.3) is 0 Å². The zero-order valence-electron chi connectivity index (χ0n) is 18.8. The molecule has 2 aromatic carbocycles. The fourth-order valence-electron chi connectivity index (χ4n) is 4.15. The molecule has 8 heteroatoms. The van der Waals surface area contributed by atoms with Gasteiger partial charge in [0.1, 0.15) is 18.2 Å². The molecule has 0 bridgehead atoms. The molecule has 1 aliphatic rings. The lowest BCUT2D eigenvalue weighted by Gasteiger charge is -2.21. The first-order valence-corrected chi connectivity index (χ1v) is 11.2. The van der Waals surface area contributed by atoms with E-state index in [0.29, 0.717) is 17.9 Å². The molecule has 0 spiro atoms. The number of alkyl carbamates (subject to hydrolysis) is 1. The number of hydrogen-bond acceptors (Lipinski definition) is 7. The second-order valence-corrected chi connectivity index (χ2v) is 8.42. The number of benzene rings is 2. The summed E-state index contributed by atoms with van der Waals surface area (Å²) >= 11 is 0. The molecule has 34 heavy (non-hydrogen) atoms. The van der Waals surface area contributed by atoms with Crippen molar-refractivity contribution in [2.45, 2.75) is 26.0 Å². The number of phenols is 1. The largest absolute Gasteiger partial charge is 0.507 e. The van der Waals surface area contributed by atoms with E-state index in [9.17, 15) is 9.90 Å². The average Bonchev–Trinajstić information content (AvgIpc) is 3.31. The van der Waals surface area contributed by atoms with Crippen LogP contribution in [0.25, 0.3) is 22.3 Å². The van der Waals surface area contributed by atoms with Crippen molar-refractivity contribution in [2.24, 2.45) is 0 Å². The highest BCUT2D eigenvalue weighted by molar-refractivity contribution is 5.92. The zero-order chi connectivity index (χ0) is 23.5. The molecular formula is C26H29N5O3. The van der Waals surface area contributed by atoms with Gasteiger partial charge in [0.2, 0.25) is 0 Å². The Hall–Kier alpha value is -4.20. The molecule has 0 saturated carbocycles. The maximum atomic E-state index is 12.3. The molecule has 1 atom stereocenters. The van der Waals surface area contributed by atoms with E-state index < -0.39 is 6.09 Å². The molecular weight excluding hydrogens is 430 g/mol.